The fourth-order valence-corrected chi connectivity index (χ4v) is 2.92. The molecule has 1 N–H and O–H groups in total. The summed E-state index contributed by atoms with van der Waals surface area (Å²) >= 11 is 6.15. The normalized spacial score (nSPS) is 19.2. The lowest BCUT2D eigenvalue weighted by molar-refractivity contribution is 0.280. The average molecular weight is 252 g/mol. The van der Waals surface area contributed by atoms with Gasteiger partial charge in [0.25, 0.3) is 0 Å². The molecular weight excluding hydrogens is 230 g/mol. The number of nitrogens with one attached hydrogen (secondary N) is 1. The van der Waals surface area contributed by atoms with E-state index in [0.717, 1.165) is 17.5 Å². The summed E-state index contributed by atoms with van der Waals surface area (Å²) in [6, 6.07) is 8.70. The van der Waals surface area contributed by atoms with Crippen LogP contribution in [0.25, 0.3) is 0 Å². The number of halogens is 1. The Balaban J connectivity index is 1.83. The Bertz CT molecular complexity index is 345. The van der Waals surface area contributed by atoms with Crippen LogP contribution >= 0.6 is 11.6 Å². The number of benzene rings is 1. The van der Waals surface area contributed by atoms with Crippen LogP contribution in [0.3, 0.4) is 0 Å². The standard InChI is InChI=1S/C15H22ClN/c1-12(13-7-3-2-4-8-13)17-11-14-9-5-6-10-15(14)16/h5-6,9-10,12-13,17H,2-4,7-8,11H2,1H3/t12-/m1/s1. The first-order chi connectivity index (χ1) is 8.27. The molecule has 1 aromatic carbocycles. The molecule has 1 aromatic rings. The van der Waals surface area contributed by atoms with E-state index in [-0.39, 0.29) is 0 Å². The summed E-state index contributed by atoms with van der Waals surface area (Å²) in [5.41, 5.74) is 1.21. The lowest BCUT2D eigenvalue weighted by Gasteiger charge is -2.28. The minimum absolute atomic E-state index is 0.603. The molecule has 0 unspecified atom stereocenters. The molecule has 2 rings (SSSR count). The van der Waals surface area contributed by atoms with Crippen molar-refractivity contribution in [2.75, 3.05) is 0 Å². The highest BCUT2D eigenvalue weighted by molar-refractivity contribution is 6.31. The molecule has 0 aliphatic heterocycles. The molecule has 1 nitrogen and oxygen atoms in total. The highest BCUT2D eigenvalue weighted by Gasteiger charge is 2.19. The maximum absolute atomic E-state index is 6.15. The summed E-state index contributed by atoms with van der Waals surface area (Å²) in [7, 11) is 0. The van der Waals surface area contributed by atoms with E-state index in [9.17, 15) is 0 Å². The smallest absolute Gasteiger partial charge is 0.0450 e. The molecule has 1 atom stereocenters. The zero-order valence-corrected chi connectivity index (χ0v) is 11.3. The minimum Gasteiger partial charge on any atom is -0.310 e. The Kier molecular flexibility index (Phi) is 4.87. The Labute approximate surface area is 110 Å². The summed E-state index contributed by atoms with van der Waals surface area (Å²) in [6.07, 6.45) is 7.01. The molecule has 1 saturated carbocycles. The summed E-state index contributed by atoms with van der Waals surface area (Å²) in [5.74, 6) is 0.853. The molecule has 0 radical (unpaired) electrons. The molecule has 94 valence electrons. The van der Waals surface area contributed by atoms with Gasteiger partial charge in [-0.3, -0.25) is 0 Å². The quantitative estimate of drug-likeness (QED) is 0.837. The first-order valence-corrected chi connectivity index (χ1v) is 7.12. The fourth-order valence-electron chi connectivity index (χ4n) is 2.71. The van der Waals surface area contributed by atoms with Crippen molar-refractivity contribution in [3.63, 3.8) is 0 Å². The van der Waals surface area contributed by atoms with Gasteiger partial charge in [0.1, 0.15) is 0 Å². The molecular formula is C15H22ClN. The maximum atomic E-state index is 6.15. The lowest BCUT2D eigenvalue weighted by atomic mass is 9.84. The Hall–Kier alpha value is -0.530. The van der Waals surface area contributed by atoms with Gasteiger partial charge in [0.15, 0.2) is 0 Å². The molecule has 1 aliphatic rings. The van der Waals surface area contributed by atoms with Crippen molar-refractivity contribution in [3.8, 4) is 0 Å². The van der Waals surface area contributed by atoms with Gasteiger partial charge in [-0.2, -0.15) is 0 Å². The van der Waals surface area contributed by atoms with Crippen molar-refractivity contribution in [3.05, 3.63) is 34.9 Å². The van der Waals surface area contributed by atoms with Gasteiger partial charge < -0.3 is 5.32 Å². The zero-order valence-electron chi connectivity index (χ0n) is 10.6. The largest absolute Gasteiger partial charge is 0.310 e. The molecule has 17 heavy (non-hydrogen) atoms. The van der Waals surface area contributed by atoms with Gasteiger partial charge in [0.05, 0.1) is 0 Å². The molecule has 0 saturated heterocycles. The van der Waals surface area contributed by atoms with Crippen molar-refractivity contribution in [2.45, 2.75) is 51.6 Å². The van der Waals surface area contributed by atoms with Crippen LogP contribution < -0.4 is 5.32 Å². The van der Waals surface area contributed by atoms with Crippen LogP contribution in [0.4, 0.5) is 0 Å². The van der Waals surface area contributed by atoms with Gasteiger partial charge in [-0.25, -0.2) is 0 Å². The van der Waals surface area contributed by atoms with Crippen LogP contribution in [0.15, 0.2) is 24.3 Å². The van der Waals surface area contributed by atoms with E-state index in [1.54, 1.807) is 0 Å². The summed E-state index contributed by atoms with van der Waals surface area (Å²) in [6.45, 7) is 3.20. The van der Waals surface area contributed by atoms with Gasteiger partial charge in [0, 0.05) is 17.6 Å². The van der Waals surface area contributed by atoms with Crippen molar-refractivity contribution in [1.82, 2.24) is 5.32 Å². The summed E-state index contributed by atoms with van der Waals surface area (Å²) in [5, 5.41) is 4.50. The Morgan fingerprint density at radius 1 is 1.24 bits per heavy atom. The van der Waals surface area contributed by atoms with Crippen molar-refractivity contribution < 1.29 is 0 Å². The summed E-state index contributed by atoms with van der Waals surface area (Å²) < 4.78 is 0. The van der Waals surface area contributed by atoms with Gasteiger partial charge in [-0.1, -0.05) is 49.1 Å². The van der Waals surface area contributed by atoms with E-state index in [1.807, 2.05) is 18.2 Å². The highest BCUT2D eigenvalue weighted by atomic mass is 35.5. The van der Waals surface area contributed by atoms with Crippen LogP contribution in [0, 0.1) is 5.92 Å². The number of hydrogen-bond donors (Lipinski definition) is 1. The monoisotopic (exact) mass is 251 g/mol. The van der Waals surface area contributed by atoms with Gasteiger partial charge >= 0.3 is 0 Å². The average Bonchev–Trinajstić information content (AvgIpc) is 2.38. The fraction of sp³-hybridized carbons (Fsp3) is 0.600. The van der Waals surface area contributed by atoms with Gasteiger partial charge in [0.2, 0.25) is 0 Å². The third kappa shape index (κ3) is 3.72. The predicted molar refractivity (Wildman–Crippen MR) is 74.3 cm³/mol. The first kappa shape index (κ1) is 12.9. The maximum Gasteiger partial charge on any atom is 0.0450 e. The molecule has 0 aromatic heterocycles. The first-order valence-electron chi connectivity index (χ1n) is 6.74. The number of rotatable bonds is 4. The van der Waals surface area contributed by atoms with Crippen LogP contribution in [0.5, 0.6) is 0 Å². The van der Waals surface area contributed by atoms with Gasteiger partial charge in [-0.15, -0.1) is 0 Å². The zero-order chi connectivity index (χ0) is 12.1. The third-order valence-corrected chi connectivity index (χ3v) is 4.30. The molecule has 0 amide bonds. The topological polar surface area (TPSA) is 12.0 Å². The molecule has 1 aliphatic carbocycles. The van der Waals surface area contributed by atoms with Crippen molar-refractivity contribution in [1.29, 1.82) is 0 Å². The lowest BCUT2D eigenvalue weighted by Crippen LogP contribution is -2.34. The molecule has 0 spiro atoms. The van der Waals surface area contributed by atoms with E-state index in [2.05, 4.69) is 18.3 Å². The van der Waals surface area contributed by atoms with Crippen molar-refractivity contribution >= 4 is 11.6 Å². The van der Waals surface area contributed by atoms with Crippen LogP contribution in [0.1, 0.15) is 44.6 Å². The van der Waals surface area contributed by atoms with E-state index < -0.39 is 0 Å². The molecule has 0 bridgehead atoms. The van der Waals surface area contributed by atoms with E-state index >= 15 is 0 Å². The molecule has 0 heterocycles. The second-order valence-electron chi connectivity index (χ2n) is 5.16. The van der Waals surface area contributed by atoms with Crippen molar-refractivity contribution in [2.24, 2.45) is 5.92 Å². The number of hydrogen-bond acceptors (Lipinski definition) is 1. The van der Waals surface area contributed by atoms with Crippen LogP contribution in [-0.4, -0.2) is 6.04 Å². The Morgan fingerprint density at radius 2 is 1.94 bits per heavy atom. The molecule has 2 heteroatoms. The van der Waals surface area contributed by atoms with E-state index in [4.69, 9.17) is 11.6 Å². The van der Waals surface area contributed by atoms with Crippen LogP contribution in [0.2, 0.25) is 5.02 Å². The highest BCUT2D eigenvalue weighted by Crippen LogP contribution is 2.26. The Morgan fingerprint density at radius 3 is 2.65 bits per heavy atom. The minimum atomic E-state index is 0.603. The SMILES string of the molecule is C[C@@H](NCc1ccccc1Cl)C1CCCCC1. The second kappa shape index (κ2) is 6.42. The van der Waals surface area contributed by atoms with E-state index in [0.29, 0.717) is 6.04 Å². The summed E-state index contributed by atoms with van der Waals surface area (Å²) in [4.78, 5) is 0. The predicted octanol–water partition coefficient (Wildman–Crippen LogP) is 4.40. The molecule has 1 fully saturated rings. The third-order valence-electron chi connectivity index (χ3n) is 3.93. The van der Waals surface area contributed by atoms with E-state index in [1.165, 1.54) is 37.7 Å². The van der Waals surface area contributed by atoms with Crippen LogP contribution in [-0.2, 0) is 6.54 Å². The second-order valence-corrected chi connectivity index (χ2v) is 5.57. The van der Waals surface area contributed by atoms with Gasteiger partial charge in [-0.05, 0) is 37.3 Å².